The first-order valence-electron chi connectivity index (χ1n) is 6.51. The number of carboxylic acid groups (broad SMARTS) is 1. The molecule has 1 unspecified atom stereocenters. The van der Waals surface area contributed by atoms with Gasteiger partial charge < -0.3 is 19.4 Å². The van der Waals surface area contributed by atoms with E-state index < -0.39 is 23.6 Å². The molecule has 0 radical (unpaired) electrons. The Bertz CT molecular complexity index is 495. The predicted octanol–water partition coefficient (Wildman–Crippen LogP) is 0.263. The van der Waals surface area contributed by atoms with Crippen molar-refractivity contribution in [3.8, 4) is 0 Å². The lowest BCUT2D eigenvalue weighted by atomic mass is 10.1. The van der Waals surface area contributed by atoms with Gasteiger partial charge >= 0.3 is 12.1 Å². The minimum absolute atomic E-state index is 0.335. The normalized spacial score (nSPS) is 18.8. The van der Waals surface area contributed by atoms with Gasteiger partial charge in [0, 0.05) is 11.5 Å². The van der Waals surface area contributed by atoms with Gasteiger partial charge in [-0.25, -0.2) is 4.79 Å². The van der Waals surface area contributed by atoms with Crippen molar-refractivity contribution in [3.63, 3.8) is 0 Å². The van der Waals surface area contributed by atoms with Gasteiger partial charge in [-0.05, 0) is 27.2 Å². The van der Waals surface area contributed by atoms with Gasteiger partial charge in [-0.15, -0.1) is 0 Å². The molecule has 1 N–H and O–H groups in total. The van der Waals surface area contributed by atoms with Gasteiger partial charge in [0.25, 0.3) is 6.79 Å². The third-order valence-electron chi connectivity index (χ3n) is 2.75. The van der Waals surface area contributed by atoms with Crippen LogP contribution < -0.4 is 9.85 Å². The Morgan fingerprint density at radius 2 is 2.10 bits per heavy atom. The molecule has 0 bridgehead atoms. The highest BCUT2D eigenvalue weighted by atomic mass is 17.0. The van der Waals surface area contributed by atoms with Gasteiger partial charge in [0.1, 0.15) is 10.6 Å². The van der Waals surface area contributed by atoms with Gasteiger partial charge in [0.05, 0.1) is 12.5 Å². The van der Waals surface area contributed by atoms with E-state index in [1.165, 1.54) is 4.96 Å². The average Bonchev–Trinajstić information content (AvgIpc) is 2.93. The van der Waals surface area contributed by atoms with Crippen molar-refractivity contribution in [1.82, 2.24) is 9.98 Å². The van der Waals surface area contributed by atoms with Gasteiger partial charge in [0.2, 0.25) is 0 Å². The second-order valence-electron chi connectivity index (χ2n) is 5.66. The van der Waals surface area contributed by atoms with Crippen molar-refractivity contribution in [1.29, 1.82) is 0 Å². The lowest BCUT2D eigenvalue weighted by Gasteiger charge is -2.18. The predicted molar refractivity (Wildman–Crippen MR) is 67.1 cm³/mol. The van der Waals surface area contributed by atoms with E-state index in [1.807, 2.05) is 0 Å². The standard InChI is InChI=1S/C11H19N3O7/c1-11(2,3)20-10(17)18-7-19-14-13(21-14)12-5-4-8(6-12)9(15)16/h8H,4-7H2,1-3H3,(H,15,16). The summed E-state index contributed by atoms with van der Waals surface area (Å²) in [5.41, 5.74) is -0.638. The quantitative estimate of drug-likeness (QED) is 0.609. The summed E-state index contributed by atoms with van der Waals surface area (Å²) in [4.78, 5) is 28.3. The van der Waals surface area contributed by atoms with Crippen molar-refractivity contribution in [2.75, 3.05) is 24.9 Å². The number of hydrogen-bond acceptors (Lipinski definition) is 7. The summed E-state index contributed by atoms with van der Waals surface area (Å²) in [6.07, 6.45) is -0.305. The molecule has 1 aromatic rings. The highest BCUT2D eigenvalue weighted by Gasteiger charge is 2.33. The van der Waals surface area contributed by atoms with Crippen LogP contribution in [-0.4, -0.2) is 52.7 Å². The Morgan fingerprint density at radius 3 is 2.67 bits per heavy atom. The summed E-state index contributed by atoms with van der Waals surface area (Å²) in [5.74, 6) is -1.26. The summed E-state index contributed by atoms with van der Waals surface area (Å²) >= 11 is 0. The van der Waals surface area contributed by atoms with Crippen LogP contribution in [0.1, 0.15) is 27.2 Å². The first kappa shape index (κ1) is 15.1. The molecule has 10 nitrogen and oxygen atoms in total. The lowest BCUT2D eigenvalue weighted by Crippen LogP contribution is -2.32. The maximum atomic E-state index is 11.2. The maximum Gasteiger partial charge on any atom is 0.511 e. The van der Waals surface area contributed by atoms with E-state index in [0.717, 1.165) is 5.02 Å². The van der Waals surface area contributed by atoms with Crippen LogP contribution in [0.15, 0.2) is 4.63 Å². The molecule has 0 spiro atoms. The fraction of sp³-hybridized carbons (Fsp3) is 0.818. The number of aliphatic carboxylic acids is 1. The van der Waals surface area contributed by atoms with Crippen molar-refractivity contribution in [3.05, 3.63) is 0 Å². The number of carboxylic acids is 1. The molecule has 0 aliphatic carbocycles. The van der Waals surface area contributed by atoms with Gasteiger partial charge in [0.15, 0.2) is 0 Å². The Kier molecular flexibility index (Phi) is 4.05. The first-order valence-corrected chi connectivity index (χ1v) is 6.51. The molecule has 1 fully saturated rings. The summed E-state index contributed by atoms with van der Waals surface area (Å²) in [6.45, 7) is 5.66. The van der Waals surface area contributed by atoms with Gasteiger partial charge in [-0.2, -0.15) is 4.63 Å². The zero-order valence-electron chi connectivity index (χ0n) is 12.1. The molecule has 2 heterocycles. The first-order chi connectivity index (χ1) is 9.76. The van der Waals surface area contributed by atoms with Crippen LogP contribution in [0.2, 0.25) is 0 Å². The zero-order valence-corrected chi connectivity index (χ0v) is 12.1. The number of rotatable bonds is 5. The van der Waals surface area contributed by atoms with Crippen LogP contribution in [-0.2, 0) is 14.3 Å². The maximum absolute atomic E-state index is 11.2. The molecule has 1 atom stereocenters. The van der Waals surface area contributed by atoms with E-state index in [4.69, 9.17) is 24.0 Å². The highest BCUT2D eigenvalue weighted by molar-refractivity contribution is 5.71. The Labute approximate surface area is 120 Å². The molecule has 0 amide bonds. The lowest BCUT2D eigenvalue weighted by molar-refractivity contribution is -0.141. The molecule has 1 aliphatic rings. The number of ether oxygens (including phenoxy) is 2. The van der Waals surface area contributed by atoms with E-state index in [9.17, 15) is 9.59 Å². The van der Waals surface area contributed by atoms with Gasteiger partial charge in [-0.3, -0.25) is 9.80 Å². The Hall–Kier alpha value is -2.26. The van der Waals surface area contributed by atoms with E-state index >= 15 is 0 Å². The largest absolute Gasteiger partial charge is 0.511 e. The summed E-state index contributed by atoms with van der Waals surface area (Å²) in [6, 6.07) is 0. The molecule has 0 aromatic carbocycles. The van der Waals surface area contributed by atoms with Crippen LogP contribution in [0.25, 0.3) is 0 Å². The van der Waals surface area contributed by atoms with Crippen molar-refractivity contribution >= 4 is 12.1 Å². The molecule has 21 heavy (non-hydrogen) atoms. The Morgan fingerprint density at radius 1 is 1.38 bits per heavy atom. The van der Waals surface area contributed by atoms with E-state index in [1.54, 1.807) is 25.8 Å². The molecule has 1 aromatic heterocycles. The third-order valence-corrected chi connectivity index (χ3v) is 2.75. The molecule has 10 heteroatoms. The van der Waals surface area contributed by atoms with Gasteiger partial charge in [-0.1, -0.05) is 0 Å². The van der Waals surface area contributed by atoms with Crippen LogP contribution in [0.3, 0.4) is 0 Å². The van der Waals surface area contributed by atoms with Crippen molar-refractivity contribution < 1.29 is 33.6 Å². The van der Waals surface area contributed by atoms with Crippen LogP contribution >= 0.6 is 0 Å². The van der Waals surface area contributed by atoms with Crippen molar-refractivity contribution in [2.45, 2.75) is 32.8 Å². The highest BCUT2D eigenvalue weighted by Crippen LogP contribution is 2.16. The summed E-state index contributed by atoms with van der Waals surface area (Å²) in [7, 11) is 0. The van der Waals surface area contributed by atoms with Crippen LogP contribution in [0.5, 0.6) is 0 Å². The minimum atomic E-state index is -0.844. The van der Waals surface area contributed by atoms with E-state index in [-0.39, 0.29) is 6.79 Å². The number of aromatic nitrogens is 2. The number of nitrogens with zero attached hydrogens (tertiary/aromatic N) is 3. The zero-order chi connectivity index (χ0) is 15.6. The summed E-state index contributed by atoms with van der Waals surface area (Å²) in [5, 5.41) is 11.6. The molecule has 120 valence electrons. The van der Waals surface area contributed by atoms with Crippen LogP contribution in [0.4, 0.5) is 4.79 Å². The number of hydrogen-bond donors (Lipinski definition) is 1. The minimum Gasteiger partial charge on any atom is -0.481 e. The molecule has 1 saturated heterocycles. The fourth-order valence-electron chi connectivity index (χ4n) is 1.77. The Balaban J connectivity index is 1.67. The molecule has 1 aliphatic heterocycles. The number of carbonyl (C=O) groups is 2. The second kappa shape index (κ2) is 5.62. The summed E-state index contributed by atoms with van der Waals surface area (Å²) < 4.78 is 14.6. The molecule has 2 rings (SSSR count). The molecule has 0 saturated carbocycles. The SMILES string of the molecule is CC(C)(C)OC(=O)OCOn1on1N1CCC(C(=O)O)C1. The number of carbonyl (C=O) groups excluding carboxylic acids is 1. The smallest absolute Gasteiger partial charge is 0.481 e. The average molecular weight is 305 g/mol. The fourth-order valence-corrected chi connectivity index (χ4v) is 1.77. The van der Waals surface area contributed by atoms with E-state index in [2.05, 4.69) is 0 Å². The third kappa shape index (κ3) is 4.36. The monoisotopic (exact) mass is 305 g/mol. The topological polar surface area (TPSA) is 108 Å². The van der Waals surface area contributed by atoms with Crippen molar-refractivity contribution in [2.24, 2.45) is 5.92 Å². The molecular weight excluding hydrogens is 286 g/mol. The van der Waals surface area contributed by atoms with E-state index in [0.29, 0.717) is 19.5 Å². The second-order valence-corrected chi connectivity index (χ2v) is 5.66. The van der Waals surface area contributed by atoms with Crippen LogP contribution in [0, 0.1) is 5.92 Å². The molecular formula is C11H19N3O7.